The maximum Gasteiger partial charge on any atom is 0.337 e. The summed E-state index contributed by atoms with van der Waals surface area (Å²) in [5.74, 6) is -1.00. The van der Waals surface area contributed by atoms with Crippen LogP contribution < -0.4 is 5.32 Å². The van der Waals surface area contributed by atoms with Gasteiger partial charge in [-0.1, -0.05) is 34.8 Å². The van der Waals surface area contributed by atoms with E-state index in [1.54, 1.807) is 24.3 Å². The third kappa shape index (κ3) is 3.08. The summed E-state index contributed by atoms with van der Waals surface area (Å²) in [4.78, 5) is 11.3. The second-order valence-electron chi connectivity index (χ2n) is 4.20. The van der Waals surface area contributed by atoms with Crippen molar-refractivity contribution >= 4 is 56.5 Å². The highest BCUT2D eigenvalue weighted by Gasteiger charge is 2.13. The largest absolute Gasteiger partial charge is 0.478 e. The molecule has 0 fully saturated rings. The van der Waals surface area contributed by atoms with E-state index in [0.717, 1.165) is 5.56 Å². The Morgan fingerprint density at radius 1 is 1.15 bits per heavy atom. The van der Waals surface area contributed by atoms with Crippen LogP contribution in [0.1, 0.15) is 15.9 Å². The van der Waals surface area contributed by atoms with E-state index in [1.165, 1.54) is 0 Å². The molecule has 2 aromatic rings. The zero-order chi connectivity index (χ0) is 14.9. The Balaban J connectivity index is 2.45. The van der Waals surface area contributed by atoms with Crippen LogP contribution in [0.5, 0.6) is 0 Å². The molecule has 6 heteroatoms. The predicted octanol–water partition coefficient (Wildman–Crippen LogP) is 5.51. The van der Waals surface area contributed by atoms with Crippen molar-refractivity contribution in [2.75, 3.05) is 5.32 Å². The Bertz CT molecular complexity index is 689. The Morgan fingerprint density at radius 2 is 1.80 bits per heavy atom. The highest BCUT2D eigenvalue weighted by atomic mass is 79.9. The van der Waals surface area contributed by atoms with Gasteiger partial charge >= 0.3 is 5.97 Å². The van der Waals surface area contributed by atoms with Crippen LogP contribution in [0.4, 0.5) is 11.4 Å². The van der Waals surface area contributed by atoms with E-state index in [9.17, 15) is 9.90 Å². The van der Waals surface area contributed by atoms with Crippen molar-refractivity contribution in [3.8, 4) is 0 Å². The lowest BCUT2D eigenvalue weighted by Gasteiger charge is -2.13. The van der Waals surface area contributed by atoms with Gasteiger partial charge in [-0.05, 0) is 47.1 Å². The van der Waals surface area contributed by atoms with Crippen LogP contribution in [0, 0.1) is 6.92 Å². The van der Waals surface area contributed by atoms with Gasteiger partial charge in [-0.25, -0.2) is 4.79 Å². The minimum absolute atomic E-state index is 0.181. The first-order chi connectivity index (χ1) is 9.40. The fourth-order valence-corrected chi connectivity index (χ4v) is 2.53. The first kappa shape index (κ1) is 15.2. The first-order valence-electron chi connectivity index (χ1n) is 5.64. The Morgan fingerprint density at radius 3 is 2.45 bits per heavy atom. The highest BCUT2D eigenvalue weighted by Crippen LogP contribution is 2.37. The van der Waals surface area contributed by atoms with Crippen molar-refractivity contribution in [2.24, 2.45) is 0 Å². The monoisotopic (exact) mass is 373 g/mol. The van der Waals surface area contributed by atoms with E-state index in [0.29, 0.717) is 25.9 Å². The number of aromatic carboxylic acids is 1. The molecule has 0 saturated carbocycles. The highest BCUT2D eigenvalue weighted by molar-refractivity contribution is 9.10. The molecule has 2 aromatic carbocycles. The molecule has 20 heavy (non-hydrogen) atoms. The molecule has 104 valence electrons. The van der Waals surface area contributed by atoms with Gasteiger partial charge in [-0.3, -0.25) is 0 Å². The fraction of sp³-hybridized carbons (Fsp3) is 0.0714. The van der Waals surface area contributed by atoms with Gasteiger partial charge in [0.25, 0.3) is 0 Å². The number of halogens is 3. The van der Waals surface area contributed by atoms with E-state index in [2.05, 4.69) is 21.2 Å². The molecule has 0 radical (unpaired) electrons. The molecule has 0 atom stereocenters. The van der Waals surface area contributed by atoms with Crippen LogP contribution in [0.25, 0.3) is 0 Å². The van der Waals surface area contributed by atoms with Gasteiger partial charge in [-0.2, -0.15) is 0 Å². The molecule has 0 heterocycles. The average molecular weight is 375 g/mol. The summed E-state index contributed by atoms with van der Waals surface area (Å²) in [6, 6.07) is 8.59. The number of benzene rings is 2. The molecular weight excluding hydrogens is 365 g/mol. The summed E-state index contributed by atoms with van der Waals surface area (Å²) in [7, 11) is 0. The molecule has 0 aromatic heterocycles. The lowest BCUT2D eigenvalue weighted by Crippen LogP contribution is -2.03. The molecule has 3 nitrogen and oxygen atoms in total. The lowest BCUT2D eigenvalue weighted by molar-refractivity contribution is 0.0698. The molecule has 0 unspecified atom stereocenters. The first-order valence-corrected chi connectivity index (χ1v) is 7.19. The number of anilines is 2. The van der Waals surface area contributed by atoms with Crippen LogP contribution in [-0.4, -0.2) is 11.1 Å². The number of carbonyl (C=O) groups is 1. The Hall–Kier alpha value is -1.23. The van der Waals surface area contributed by atoms with Gasteiger partial charge in [0.15, 0.2) is 0 Å². The molecule has 0 bridgehead atoms. The second kappa shape index (κ2) is 6.04. The van der Waals surface area contributed by atoms with Crippen LogP contribution in [0.2, 0.25) is 10.0 Å². The Labute approximate surface area is 134 Å². The minimum atomic E-state index is -1.00. The van der Waals surface area contributed by atoms with Gasteiger partial charge < -0.3 is 10.4 Å². The van der Waals surface area contributed by atoms with Crippen molar-refractivity contribution in [3.05, 3.63) is 56.0 Å². The molecule has 0 saturated heterocycles. The van der Waals surface area contributed by atoms with Gasteiger partial charge in [0.05, 0.1) is 27.0 Å². The van der Waals surface area contributed by atoms with Crippen molar-refractivity contribution in [2.45, 2.75) is 6.92 Å². The zero-order valence-corrected chi connectivity index (χ0v) is 13.5. The lowest BCUT2D eigenvalue weighted by atomic mass is 10.1. The number of aryl methyl sites for hydroxylation is 1. The standard InChI is InChI=1S/C14H10BrCl2NO2/c1-7-2-4-10(8(6-7)14(19)20)18-11-5-3-9(15)12(16)13(11)17/h2-6,18H,1H3,(H,19,20). The number of nitrogens with one attached hydrogen (secondary N) is 1. The van der Waals surface area contributed by atoms with Gasteiger partial charge in [0.2, 0.25) is 0 Å². The smallest absolute Gasteiger partial charge is 0.337 e. The van der Waals surface area contributed by atoms with Crippen LogP contribution >= 0.6 is 39.1 Å². The van der Waals surface area contributed by atoms with E-state index in [-0.39, 0.29) is 5.56 Å². The summed E-state index contributed by atoms with van der Waals surface area (Å²) in [6.45, 7) is 1.83. The summed E-state index contributed by atoms with van der Waals surface area (Å²) >= 11 is 15.5. The molecule has 2 N–H and O–H groups in total. The molecule has 2 rings (SSSR count). The van der Waals surface area contributed by atoms with Crippen molar-refractivity contribution in [3.63, 3.8) is 0 Å². The zero-order valence-electron chi connectivity index (χ0n) is 10.4. The van der Waals surface area contributed by atoms with Gasteiger partial charge in [-0.15, -0.1) is 0 Å². The summed E-state index contributed by atoms with van der Waals surface area (Å²) in [5, 5.41) is 12.9. The summed E-state index contributed by atoms with van der Waals surface area (Å²) < 4.78 is 0.678. The third-order valence-electron chi connectivity index (χ3n) is 2.71. The van der Waals surface area contributed by atoms with Crippen LogP contribution in [0.15, 0.2) is 34.8 Å². The van der Waals surface area contributed by atoms with E-state index < -0.39 is 5.97 Å². The van der Waals surface area contributed by atoms with Crippen molar-refractivity contribution < 1.29 is 9.90 Å². The Kier molecular flexibility index (Phi) is 4.58. The maximum atomic E-state index is 11.3. The minimum Gasteiger partial charge on any atom is -0.478 e. The van der Waals surface area contributed by atoms with E-state index >= 15 is 0 Å². The summed E-state index contributed by atoms with van der Waals surface area (Å²) in [5.41, 5.74) is 2.06. The maximum absolute atomic E-state index is 11.3. The molecular formula is C14H10BrCl2NO2. The topological polar surface area (TPSA) is 49.3 Å². The molecule has 0 aliphatic heterocycles. The number of carboxylic acid groups (broad SMARTS) is 1. The average Bonchev–Trinajstić information content (AvgIpc) is 2.41. The van der Waals surface area contributed by atoms with Crippen molar-refractivity contribution in [1.29, 1.82) is 0 Å². The van der Waals surface area contributed by atoms with Gasteiger partial charge in [0, 0.05) is 4.47 Å². The SMILES string of the molecule is Cc1ccc(Nc2ccc(Br)c(Cl)c2Cl)c(C(=O)O)c1. The third-order valence-corrected chi connectivity index (χ3v) is 4.48. The number of rotatable bonds is 3. The van der Waals surface area contributed by atoms with E-state index in [1.807, 2.05) is 13.0 Å². The van der Waals surface area contributed by atoms with Crippen LogP contribution in [-0.2, 0) is 0 Å². The van der Waals surface area contributed by atoms with Gasteiger partial charge in [0.1, 0.15) is 0 Å². The predicted molar refractivity (Wildman–Crippen MR) is 85.6 cm³/mol. The summed E-state index contributed by atoms with van der Waals surface area (Å²) in [6.07, 6.45) is 0. The molecule has 0 aliphatic carbocycles. The fourth-order valence-electron chi connectivity index (χ4n) is 1.71. The number of hydrogen-bond donors (Lipinski definition) is 2. The second-order valence-corrected chi connectivity index (χ2v) is 5.81. The van der Waals surface area contributed by atoms with E-state index in [4.69, 9.17) is 23.2 Å². The molecule has 0 amide bonds. The van der Waals surface area contributed by atoms with Crippen molar-refractivity contribution in [1.82, 2.24) is 0 Å². The molecule has 0 spiro atoms. The quantitative estimate of drug-likeness (QED) is 0.696. The number of hydrogen-bond acceptors (Lipinski definition) is 2. The molecule has 0 aliphatic rings. The normalized spacial score (nSPS) is 10.4. The number of carboxylic acids is 1. The van der Waals surface area contributed by atoms with Crippen LogP contribution in [0.3, 0.4) is 0 Å².